The number of hydrogen-bond donors (Lipinski definition) is 1. The van der Waals surface area contributed by atoms with Crippen LogP contribution in [0.2, 0.25) is 0 Å². The van der Waals surface area contributed by atoms with Crippen LogP contribution in [0.1, 0.15) is 18.4 Å². The maximum absolute atomic E-state index is 3.46. The monoisotopic (exact) mass is 204 g/mol. The zero-order valence-corrected chi connectivity index (χ0v) is 9.28. The fourth-order valence-corrected chi connectivity index (χ4v) is 2.06. The normalized spacial score (nSPS) is 19.5. The van der Waals surface area contributed by atoms with E-state index in [0.29, 0.717) is 0 Å². The highest BCUT2D eigenvalue weighted by molar-refractivity contribution is 5.14. The number of benzene rings is 1. The largest absolute Gasteiger partial charge is 0.315 e. The molecule has 1 aliphatic rings. The van der Waals surface area contributed by atoms with Gasteiger partial charge in [-0.05, 0) is 31.5 Å². The van der Waals surface area contributed by atoms with Crippen molar-refractivity contribution in [3.63, 3.8) is 0 Å². The molecule has 1 N–H and O–H groups in total. The molecule has 2 heteroatoms. The second-order valence-corrected chi connectivity index (χ2v) is 4.22. The van der Waals surface area contributed by atoms with Gasteiger partial charge < -0.3 is 5.32 Å². The van der Waals surface area contributed by atoms with E-state index in [1.807, 2.05) is 0 Å². The van der Waals surface area contributed by atoms with Gasteiger partial charge in [0.1, 0.15) is 0 Å². The van der Waals surface area contributed by atoms with Crippen LogP contribution in [0.15, 0.2) is 30.3 Å². The zero-order valence-electron chi connectivity index (χ0n) is 9.28. The second-order valence-electron chi connectivity index (χ2n) is 4.22. The molecule has 1 fully saturated rings. The standard InChI is InChI=1S/C13H20N2/c1-2-6-13(7-3-1)12-15-10-5-4-8-14-9-11-15/h1-3,6-7,14H,4-5,8-12H2. The molecule has 2 nitrogen and oxygen atoms in total. The van der Waals surface area contributed by atoms with E-state index in [9.17, 15) is 0 Å². The summed E-state index contributed by atoms with van der Waals surface area (Å²) >= 11 is 0. The minimum absolute atomic E-state index is 1.10. The Bertz CT molecular complexity index is 263. The van der Waals surface area contributed by atoms with Crippen LogP contribution in [0.5, 0.6) is 0 Å². The number of hydrogen-bond acceptors (Lipinski definition) is 2. The molecule has 0 amide bonds. The third-order valence-electron chi connectivity index (χ3n) is 2.93. The highest BCUT2D eigenvalue weighted by atomic mass is 15.1. The van der Waals surface area contributed by atoms with E-state index < -0.39 is 0 Å². The van der Waals surface area contributed by atoms with Crippen molar-refractivity contribution in [1.82, 2.24) is 10.2 Å². The molecule has 1 aliphatic heterocycles. The number of nitrogens with zero attached hydrogens (tertiary/aromatic N) is 1. The Morgan fingerprint density at radius 3 is 2.73 bits per heavy atom. The molecule has 0 atom stereocenters. The summed E-state index contributed by atoms with van der Waals surface area (Å²) in [6, 6.07) is 10.8. The van der Waals surface area contributed by atoms with Crippen LogP contribution in [0.3, 0.4) is 0 Å². The summed E-state index contributed by atoms with van der Waals surface area (Å²) in [6.45, 7) is 5.85. The van der Waals surface area contributed by atoms with Crippen molar-refractivity contribution >= 4 is 0 Å². The van der Waals surface area contributed by atoms with Crippen molar-refractivity contribution in [3.05, 3.63) is 35.9 Å². The van der Waals surface area contributed by atoms with Crippen molar-refractivity contribution in [1.29, 1.82) is 0 Å². The Balaban J connectivity index is 1.86. The zero-order chi connectivity index (χ0) is 10.3. The summed E-state index contributed by atoms with van der Waals surface area (Å²) in [4.78, 5) is 2.54. The molecule has 1 saturated heterocycles. The van der Waals surface area contributed by atoms with E-state index in [-0.39, 0.29) is 0 Å². The summed E-state index contributed by atoms with van der Waals surface area (Å²) in [7, 11) is 0. The molecule has 0 radical (unpaired) electrons. The summed E-state index contributed by atoms with van der Waals surface area (Å²) < 4.78 is 0. The quantitative estimate of drug-likeness (QED) is 0.791. The molecule has 1 aromatic rings. The van der Waals surface area contributed by atoms with Gasteiger partial charge in [-0.1, -0.05) is 30.3 Å². The summed E-state index contributed by atoms with van der Waals surface area (Å²) in [5.41, 5.74) is 1.43. The van der Waals surface area contributed by atoms with E-state index >= 15 is 0 Å². The lowest BCUT2D eigenvalue weighted by Crippen LogP contribution is -2.35. The highest BCUT2D eigenvalue weighted by Gasteiger charge is 2.07. The van der Waals surface area contributed by atoms with E-state index in [1.165, 1.54) is 38.0 Å². The Morgan fingerprint density at radius 2 is 1.87 bits per heavy atom. The van der Waals surface area contributed by atoms with Gasteiger partial charge in [-0.15, -0.1) is 0 Å². The van der Waals surface area contributed by atoms with Crippen LogP contribution in [-0.4, -0.2) is 31.1 Å². The Kier molecular flexibility index (Phi) is 4.18. The first-order valence-electron chi connectivity index (χ1n) is 5.92. The predicted octanol–water partition coefficient (Wildman–Crippen LogP) is 1.87. The average Bonchev–Trinajstić information content (AvgIpc) is 2.23. The molecule has 0 saturated carbocycles. The Morgan fingerprint density at radius 1 is 1.00 bits per heavy atom. The molecule has 0 unspecified atom stereocenters. The molecular formula is C13H20N2. The Labute approximate surface area is 92.3 Å². The van der Waals surface area contributed by atoms with Crippen molar-refractivity contribution in [2.24, 2.45) is 0 Å². The summed E-state index contributed by atoms with van der Waals surface area (Å²) in [5, 5.41) is 3.46. The fourth-order valence-electron chi connectivity index (χ4n) is 2.06. The topological polar surface area (TPSA) is 15.3 Å². The predicted molar refractivity (Wildman–Crippen MR) is 63.8 cm³/mol. The average molecular weight is 204 g/mol. The van der Waals surface area contributed by atoms with E-state index in [2.05, 4.69) is 40.5 Å². The van der Waals surface area contributed by atoms with Gasteiger partial charge in [-0.25, -0.2) is 0 Å². The van der Waals surface area contributed by atoms with Gasteiger partial charge in [0.15, 0.2) is 0 Å². The van der Waals surface area contributed by atoms with Crippen molar-refractivity contribution in [3.8, 4) is 0 Å². The van der Waals surface area contributed by atoms with Crippen LogP contribution < -0.4 is 5.32 Å². The maximum atomic E-state index is 3.46. The molecule has 2 rings (SSSR count). The molecule has 0 spiro atoms. The van der Waals surface area contributed by atoms with Crippen LogP contribution >= 0.6 is 0 Å². The van der Waals surface area contributed by atoms with Crippen molar-refractivity contribution in [2.75, 3.05) is 26.2 Å². The second kappa shape index (κ2) is 5.89. The van der Waals surface area contributed by atoms with Gasteiger partial charge >= 0.3 is 0 Å². The van der Waals surface area contributed by atoms with E-state index in [0.717, 1.165) is 13.1 Å². The lowest BCUT2D eigenvalue weighted by atomic mass is 10.2. The smallest absolute Gasteiger partial charge is 0.0234 e. The van der Waals surface area contributed by atoms with E-state index in [4.69, 9.17) is 0 Å². The first kappa shape index (κ1) is 10.7. The maximum Gasteiger partial charge on any atom is 0.0234 e. The van der Waals surface area contributed by atoms with Gasteiger partial charge in [-0.2, -0.15) is 0 Å². The van der Waals surface area contributed by atoms with E-state index in [1.54, 1.807) is 0 Å². The number of nitrogens with one attached hydrogen (secondary N) is 1. The van der Waals surface area contributed by atoms with Gasteiger partial charge in [-0.3, -0.25) is 4.90 Å². The minimum Gasteiger partial charge on any atom is -0.315 e. The van der Waals surface area contributed by atoms with Gasteiger partial charge in [0.2, 0.25) is 0 Å². The molecule has 0 bridgehead atoms. The molecule has 1 aromatic carbocycles. The molecule has 1 heterocycles. The van der Waals surface area contributed by atoms with Crippen molar-refractivity contribution < 1.29 is 0 Å². The van der Waals surface area contributed by atoms with Gasteiger partial charge in [0.05, 0.1) is 0 Å². The van der Waals surface area contributed by atoms with Gasteiger partial charge in [0, 0.05) is 19.6 Å². The summed E-state index contributed by atoms with van der Waals surface area (Å²) in [6.07, 6.45) is 2.63. The lowest BCUT2D eigenvalue weighted by molar-refractivity contribution is 0.247. The first-order chi connectivity index (χ1) is 7.45. The van der Waals surface area contributed by atoms with Crippen LogP contribution in [0.25, 0.3) is 0 Å². The third kappa shape index (κ3) is 3.65. The lowest BCUT2D eigenvalue weighted by Gasteiger charge is -2.24. The van der Waals surface area contributed by atoms with Crippen LogP contribution in [0, 0.1) is 0 Å². The third-order valence-corrected chi connectivity index (χ3v) is 2.93. The van der Waals surface area contributed by atoms with Gasteiger partial charge in [0.25, 0.3) is 0 Å². The minimum atomic E-state index is 1.10. The molecule has 0 aliphatic carbocycles. The SMILES string of the molecule is c1ccc(CN2CCCCNCC2)cc1. The van der Waals surface area contributed by atoms with Crippen molar-refractivity contribution in [2.45, 2.75) is 19.4 Å². The van der Waals surface area contributed by atoms with Crippen LogP contribution in [-0.2, 0) is 6.54 Å². The molecule has 82 valence electrons. The Hall–Kier alpha value is -0.860. The first-order valence-corrected chi connectivity index (χ1v) is 5.92. The fraction of sp³-hybridized carbons (Fsp3) is 0.538. The van der Waals surface area contributed by atoms with Crippen LogP contribution in [0.4, 0.5) is 0 Å². The molecular weight excluding hydrogens is 184 g/mol. The highest BCUT2D eigenvalue weighted by Crippen LogP contribution is 2.06. The molecule has 0 aromatic heterocycles. The number of rotatable bonds is 2. The molecule has 15 heavy (non-hydrogen) atoms. The summed E-state index contributed by atoms with van der Waals surface area (Å²) in [5.74, 6) is 0.